The van der Waals surface area contributed by atoms with Crippen molar-refractivity contribution in [1.82, 2.24) is 5.43 Å². The SMILES string of the molecule is O=C(N/N=C\c1cccc(O)c1)c1ccc2ccccc2c1. The highest BCUT2D eigenvalue weighted by atomic mass is 16.3. The zero-order valence-electron chi connectivity index (χ0n) is 11.7. The molecule has 2 N–H and O–H groups in total. The molecule has 0 unspecified atom stereocenters. The van der Waals surface area contributed by atoms with E-state index in [1.165, 1.54) is 6.21 Å². The van der Waals surface area contributed by atoms with Crippen LogP contribution < -0.4 is 5.43 Å². The molecule has 0 atom stereocenters. The molecule has 0 fully saturated rings. The molecule has 22 heavy (non-hydrogen) atoms. The number of amides is 1. The van der Waals surface area contributed by atoms with Gasteiger partial charge in [0.1, 0.15) is 5.75 Å². The van der Waals surface area contributed by atoms with E-state index in [0.717, 1.165) is 10.8 Å². The van der Waals surface area contributed by atoms with Crippen LogP contribution in [0.1, 0.15) is 15.9 Å². The third-order valence-electron chi connectivity index (χ3n) is 3.26. The zero-order chi connectivity index (χ0) is 15.4. The van der Waals surface area contributed by atoms with Crippen molar-refractivity contribution >= 4 is 22.9 Å². The lowest BCUT2D eigenvalue weighted by Crippen LogP contribution is -2.17. The van der Waals surface area contributed by atoms with E-state index in [9.17, 15) is 9.90 Å². The summed E-state index contributed by atoms with van der Waals surface area (Å²) in [5.74, 6) is -0.119. The molecule has 0 aromatic heterocycles. The lowest BCUT2D eigenvalue weighted by Gasteiger charge is -2.02. The highest BCUT2D eigenvalue weighted by Gasteiger charge is 2.04. The summed E-state index contributed by atoms with van der Waals surface area (Å²) in [4.78, 5) is 12.1. The molecule has 0 saturated heterocycles. The monoisotopic (exact) mass is 290 g/mol. The fraction of sp³-hybridized carbons (Fsp3) is 0. The van der Waals surface area contributed by atoms with Crippen molar-refractivity contribution in [2.45, 2.75) is 0 Å². The summed E-state index contributed by atoms with van der Waals surface area (Å²) in [6.07, 6.45) is 1.48. The van der Waals surface area contributed by atoms with Gasteiger partial charge in [-0.3, -0.25) is 4.79 Å². The summed E-state index contributed by atoms with van der Waals surface area (Å²) < 4.78 is 0. The van der Waals surface area contributed by atoms with Crippen LogP contribution in [0.2, 0.25) is 0 Å². The van der Waals surface area contributed by atoms with Gasteiger partial charge in [-0.15, -0.1) is 0 Å². The molecule has 0 radical (unpaired) electrons. The quantitative estimate of drug-likeness (QED) is 0.574. The molecule has 4 nitrogen and oxygen atoms in total. The predicted molar refractivity (Wildman–Crippen MR) is 87.1 cm³/mol. The molecule has 0 aliphatic carbocycles. The fourth-order valence-corrected chi connectivity index (χ4v) is 2.17. The van der Waals surface area contributed by atoms with Crippen molar-refractivity contribution < 1.29 is 9.90 Å². The van der Waals surface area contributed by atoms with Crippen LogP contribution in [-0.2, 0) is 0 Å². The number of hydrogen-bond acceptors (Lipinski definition) is 3. The average molecular weight is 290 g/mol. The normalized spacial score (nSPS) is 10.9. The molecule has 0 aliphatic heterocycles. The van der Waals surface area contributed by atoms with Gasteiger partial charge in [0, 0.05) is 5.56 Å². The highest BCUT2D eigenvalue weighted by Crippen LogP contribution is 2.15. The number of hydrogen-bond donors (Lipinski definition) is 2. The van der Waals surface area contributed by atoms with E-state index in [0.29, 0.717) is 11.1 Å². The van der Waals surface area contributed by atoms with Gasteiger partial charge in [-0.05, 0) is 40.6 Å². The van der Waals surface area contributed by atoms with Crippen LogP contribution in [0.15, 0.2) is 71.8 Å². The summed E-state index contributed by atoms with van der Waals surface area (Å²) >= 11 is 0. The van der Waals surface area contributed by atoms with Crippen LogP contribution in [0, 0.1) is 0 Å². The minimum absolute atomic E-state index is 0.157. The smallest absolute Gasteiger partial charge is 0.271 e. The standard InChI is InChI=1S/C18H14N2O2/c21-17-7-3-4-13(10-17)12-19-20-18(22)16-9-8-14-5-1-2-6-15(14)11-16/h1-12,21H,(H,20,22)/b19-12-. The maximum absolute atomic E-state index is 12.1. The first kappa shape index (κ1) is 13.8. The fourth-order valence-electron chi connectivity index (χ4n) is 2.17. The second kappa shape index (κ2) is 6.10. The van der Waals surface area contributed by atoms with Crippen LogP contribution in [-0.4, -0.2) is 17.2 Å². The molecular formula is C18H14N2O2. The lowest BCUT2D eigenvalue weighted by molar-refractivity contribution is 0.0955. The molecule has 0 saturated carbocycles. The molecule has 3 aromatic rings. The number of phenolic OH excluding ortho intramolecular Hbond substituents is 1. The minimum atomic E-state index is -0.276. The number of hydrazone groups is 1. The van der Waals surface area contributed by atoms with Gasteiger partial charge in [-0.25, -0.2) is 5.43 Å². The van der Waals surface area contributed by atoms with Crippen LogP contribution in [0.4, 0.5) is 0 Å². The van der Waals surface area contributed by atoms with E-state index in [4.69, 9.17) is 0 Å². The number of nitrogens with zero attached hydrogens (tertiary/aromatic N) is 1. The van der Waals surface area contributed by atoms with E-state index in [2.05, 4.69) is 10.5 Å². The third-order valence-corrected chi connectivity index (χ3v) is 3.26. The van der Waals surface area contributed by atoms with Gasteiger partial charge in [0.05, 0.1) is 6.21 Å². The van der Waals surface area contributed by atoms with Crippen molar-refractivity contribution in [1.29, 1.82) is 0 Å². The van der Waals surface area contributed by atoms with Gasteiger partial charge in [0.25, 0.3) is 5.91 Å². The Morgan fingerprint density at radius 3 is 2.59 bits per heavy atom. The first-order valence-corrected chi connectivity index (χ1v) is 6.83. The third kappa shape index (κ3) is 3.12. The molecular weight excluding hydrogens is 276 g/mol. The van der Waals surface area contributed by atoms with Gasteiger partial charge >= 0.3 is 0 Å². The average Bonchev–Trinajstić information content (AvgIpc) is 2.54. The second-order valence-corrected chi connectivity index (χ2v) is 4.86. The van der Waals surface area contributed by atoms with E-state index >= 15 is 0 Å². The number of carbonyl (C=O) groups excluding carboxylic acids is 1. The topological polar surface area (TPSA) is 61.7 Å². The van der Waals surface area contributed by atoms with Gasteiger partial charge in [-0.1, -0.05) is 42.5 Å². The largest absolute Gasteiger partial charge is 0.508 e. The van der Waals surface area contributed by atoms with Crippen LogP contribution in [0.25, 0.3) is 10.8 Å². The number of aromatic hydroxyl groups is 1. The Labute approximate surface area is 127 Å². The number of phenols is 1. The maximum Gasteiger partial charge on any atom is 0.271 e. The Balaban J connectivity index is 1.73. The predicted octanol–water partition coefficient (Wildman–Crippen LogP) is 3.31. The zero-order valence-corrected chi connectivity index (χ0v) is 11.7. The van der Waals surface area contributed by atoms with Crippen molar-refractivity contribution in [3.63, 3.8) is 0 Å². The van der Waals surface area contributed by atoms with E-state index < -0.39 is 0 Å². The highest BCUT2D eigenvalue weighted by molar-refractivity contribution is 5.98. The van der Waals surface area contributed by atoms with Gasteiger partial charge in [-0.2, -0.15) is 5.10 Å². The molecule has 0 bridgehead atoms. The first-order chi connectivity index (χ1) is 10.7. The molecule has 1 amide bonds. The Morgan fingerprint density at radius 1 is 0.955 bits per heavy atom. The molecule has 3 aromatic carbocycles. The summed E-state index contributed by atoms with van der Waals surface area (Å²) in [7, 11) is 0. The minimum Gasteiger partial charge on any atom is -0.508 e. The van der Waals surface area contributed by atoms with Crippen molar-refractivity contribution in [3.05, 3.63) is 77.9 Å². The summed E-state index contributed by atoms with van der Waals surface area (Å²) in [5.41, 5.74) is 3.74. The van der Waals surface area contributed by atoms with Crippen molar-refractivity contribution in [3.8, 4) is 5.75 Å². The number of benzene rings is 3. The Kier molecular flexibility index (Phi) is 3.83. The van der Waals surface area contributed by atoms with Crippen LogP contribution in [0.5, 0.6) is 5.75 Å². The maximum atomic E-state index is 12.1. The Morgan fingerprint density at radius 2 is 1.77 bits per heavy atom. The second-order valence-electron chi connectivity index (χ2n) is 4.86. The number of rotatable bonds is 3. The number of nitrogens with one attached hydrogen (secondary N) is 1. The molecule has 0 aliphatic rings. The Bertz CT molecular complexity index is 856. The van der Waals surface area contributed by atoms with E-state index in [1.807, 2.05) is 36.4 Å². The molecule has 4 heteroatoms. The molecule has 3 rings (SSSR count). The number of carbonyl (C=O) groups is 1. The van der Waals surface area contributed by atoms with Crippen molar-refractivity contribution in [2.75, 3.05) is 0 Å². The van der Waals surface area contributed by atoms with E-state index in [1.54, 1.807) is 30.3 Å². The summed E-state index contributed by atoms with van der Waals surface area (Å²) in [6, 6.07) is 20.0. The summed E-state index contributed by atoms with van der Waals surface area (Å²) in [6.45, 7) is 0. The molecule has 0 heterocycles. The van der Waals surface area contributed by atoms with Gasteiger partial charge in [0.15, 0.2) is 0 Å². The van der Waals surface area contributed by atoms with Gasteiger partial charge in [0.2, 0.25) is 0 Å². The molecule has 0 spiro atoms. The first-order valence-electron chi connectivity index (χ1n) is 6.83. The molecule has 108 valence electrons. The van der Waals surface area contributed by atoms with Gasteiger partial charge < -0.3 is 5.11 Å². The van der Waals surface area contributed by atoms with E-state index in [-0.39, 0.29) is 11.7 Å². The summed E-state index contributed by atoms with van der Waals surface area (Å²) in [5, 5.41) is 15.3. The van der Waals surface area contributed by atoms with Crippen LogP contribution in [0.3, 0.4) is 0 Å². The van der Waals surface area contributed by atoms with Crippen molar-refractivity contribution in [2.24, 2.45) is 5.10 Å². The number of fused-ring (bicyclic) bond motifs is 1. The Hall–Kier alpha value is -3.14. The lowest BCUT2D eigenvalue weighted by atomic mass is 10.1. The van der Waals surface area contributed by atoms with Crippen LogP contribution >= 0.6 is 0 Å².